The molecule has 1 N–H and O–H groups in total. The number of aryl methyl sites for hydroxylation is 1. The molecule has 0 saturated carbocycles. The summed E-state index contributed by atoms with van der Waals surface area (Å²) in [5, 5.41) is 4.00. The molecular formula is C19H21N3O. The van der Waals surface area contributed by atoms with E-state index in [4.69, 9.17) is 4.98 Å². The maximum Gasteiger partial charge on any atom is 0.266 e. The van der Waals surface area contributed by atoms with Gasteiger partial charge in [-0.2, -0.15) is 0 Å². The molecule has 118 valence electrons. The van der Waals surface area contributed by atoms with Gasteiger partial charge in [-0.15, -0.1) is 0 Å². The summed E-state index contributed by atoms with van der Waals surface area (Å²) < 4.78 is 1.72. The van der Waals surface area contributed by atoms with E-state index in [9.17, 15) is 4.79 Å². The first-order chi connectivity index (χ1) is 11.1. The van der Waals surface area contributed by atoms with E-state index in [2.05, 4.69) is 5.32 Å². The van der Waals surface area contributed by atoms with Crippen molar-refractivity contribution >= 4 is 10.9 Å². The van der Waals surface area contributed by atoms with Crippen LogP contribution in [0.15, 0.2) is 53.3 Å². The first-order valence-electron chi connectivity index (χ1n) is 7.94. The van der Waals surface area contributed by atoms with Gasteiger partial charge in [0.2, 0.25) is 0 Å². The minimum absolute atomic E-state index is 0.0159. The zero-order chi connectivity index (χ0) is 16.4. The molecule has 0 spiro atoms. The molecule has 0 saturated heterocycles. The Kier molecular flexibility index (Phi) is 4.26. The van der Waals surface area contributed by atoms with Crippen molar-refractivity contribution in [2.75, 3.05) is 6.54 Å². The summed E-state index contributed by atoms with van der Waals surface area (Å²) in [6.07, 6.45) is 0. The van der Waals surface area contributed by atoms with Crippen molar-refractivity contribution in [2.24, 2.45) is 0 Å². The molecule has 0 fully saturated rings. The van der Waals surface area contributed by atoms with Gasteiger partial charge in [0.1, 0.15) is 5.82 Å². The van der Waals surface area contributed by atoms with E-state index >= 15 is 0 Å². The summed E-state index contributed by atoms with van der Waals surface area (Å²) in [4.78, 5) is 17.8. The highest BCUT2D eigenvalue weighted by molar-refractivity contribution is 5.77. The van der Waals surface area contributed by atoms with Gasteiger partial charge in [-0.1, -0.05) is 31.2 Å². The molecule has 2 aromatic carbocycles. The minimum atomic E-state index is -0.0269. The maximum absolute atomic E-state index is 13.1. The van der Waals surface area contributed by atoms with Crippen LogP contribution in [0.3, 0.4) is 0 Å². The molecule has 1 atom stereocenters. The molecule has 0 aliphatic carbocycles. The summed E-state index contributed by atoms with van der Waals surface area (Å²) >= 11 is 0. The zero-order valence-electron chi connectivity index (χ0n) is 13.7. The van der Waals surface area contributed by atoms with E-state index in [1.807, 2.05) is 69.3 Å². The normalized spacial score (nSPS) is 12.5. The number of nitrogens with one attached hydrogen (secondary N) is 1. The second kappa shape index (κ2) is 6.34. The molecule has 3 rings (SSSR count). The number of aromatic nitrogens is 2. The Bertz CT molecular complexity index is 899. The molecule has 0 aliphatic rings. The Balaban J connectivity index is 2.34. The average molecular weight is 307 g/mol. The summed E-state index contributed by atoms with van der Waals surface area (Å²) in [6, 6.07) is 15.4. The monoisotopic (exact) mass is 307 g/mol. The highest BCUT2D eigenvalue weighted by atomic mass is 16.1. The van der Waals surface area contributed by atoms with E-state index in [1.165, 1.54) is 0 Å². The molecule has 1 heterocycles. The smallest absolute Gasteiger partial charge is 0.266 e. The predicted octanol–water partition coefficient (Wildman–Crippen LogP) is 3.36. The zero-order valence-corrected chi connectivity index (χ0v) is 13.7. The molecule has 0 bridgehead atoms. The van der Waals surface area contributed by atoms with Crippen LogP contribution in [-0.4, -0.2) is 16.1 Å². The van der Waals surface area contributed by atoms with Crippen molar-refractivity contribution < 1.29 is 0 Å². The van der Waals surface area contributed by atoms with Gasteiger partial charge in [0.25, 0.3) is 5.56 Å². The number of nitrogens with zero attached hydrogens (tertiary/aromatic N) is 2. The fraction of sp³-hybridized carbons (Fsp3) is 0.263. The van der Waals surface area contributed by atoms with Crippen molar-refractivity contribution in [3.63, 3.8) is 0 Å². The number of rotatable bonds is 4. The van der Waals surface area contributed by atoms with Crippen LogP contribution < -0.4 is 10.9 Å². The van der Waals surface area contributed by atoms with Gasteiger partial charge >= 0.3 is 0 Å². The fourth-order valence-electron chi connectivity index (χ4n) is 2.85. The van der Waals surface area contributed by atoms with E-state index in [0.29, 0.717) is 5.39 Å². The third-order valence-electron chi connectivity index (χ3n) is 3.96. The van der Waals surface area contributed by atoms with Gasteiger partial charge in [0.05, 0.1) is 22.6 Å². The Morgan fingerprint density at radius 2 is 1.96 bits per heavy atom. The largest absolute Gasteiger partial charge is 0.308 e. The first kappa shape index (κ1) is 15.4. The summed E-state index contributed by atoms with van der Waals surface area (Å²) in [7, 11) is 0. The van der Waals surface area contributed by atoms with Gasteiger partial charge < -0.3 is 5.32 Å². The van der Waals surface area contributed by atoms with Crippen molar-refractivity contribution in [2.45, 2.75) is 26.8 Å². The molecule has 0 radical (unpaired) electrons. The van der Waals surface area contributed by atoms with E-state index in [0.717, 1.165) is 29.1 Å². The van der Waals surface area contributed by atoms with Crippen LogP contribution in [0.4, 0.5) is 0 Å². The molecule has 4 nitrogen and oxygen atoms in total. The number of hydrogen-bond acceptors (Lipinski definition) is 3. The molecule has 0 unspecified atom stereocenters. The Morgan fingerprint density at radius 3 is 2.70 bits per heavy atom. The molecule has 1 aromatic heterocycles. The van der Waals surface area contributed by atoms with Crippen molar-refractivity contribution in [1.29, 1.82) is 0 Å². The lowest BCUT2D eigenvalue weighted by molar-refractivity contribution is 0.551. The van der Waals surface area contributed by atoms with Gasteiger partial charge in [-0.3, -0.25) is 9.36 Å². The lowest BCUT2D eigenvalue weighted by Gasteiger charge is -2.19. The highest BCUT2D eigenvalue weighted by Gasteiger charge is 2.17. The van der Waals surface area contributed by atoms with E-state index in [1.54, 1.807) is 4.57 Å². The molecule has 0 amide bonds. The first-order valence-corrected chi connectivity index (χ1v) is 7.94. The van der Waals surface area contributed by atoms with Crippen LogP contribution >= 0.6 is 0 Å². The van der Waals surface area contributed by atoms with E-state index in [-0.39, 0.29) is 11.6 Å². The fourth-order valence-corrected chi connectivity index (χ4v) is 2.85. The Labute approximate surface area is 135 Å². The van der Waals surface area contributed by atoms with E-state index < -0.39 is 0 Å². The summed E-state index contributed by atoms with van der Waals surface area (Å²) in [5.41, 5.74) is 2.68. The summed E-state index contributed by atoms with van der Waals surface area (Å²) in [5.74, 6) is 0.737. The van der Waals surface area contributed by atoms with Gasteiger partial charge in [-0.25, -0.2) is 4.98 Å². The van der Waals surface area contributed by atoms with Crippen LogP contribution in [0.1, 0.15) is 31.3 Å². The quantitative estimate of drug-likeness (QED) is 0.804. The van der Waals surface area contributed by atoms with Gasteiger partial charge in [-0.05, 0) is 50.2 Å². The molecule has 3 aromatic rings. The molecule has 0 aliphatic heterocycles. The number of benzene rings is 2. The average Bonchev–Trinajstić information content (AvgIpc) is 2.55. The standard InChI is InChI=1S/C19H21N3O/c1-4-20-14(3)18-21-17-11-6-5-10-16(17)19(23)22(18)15-9-7-8-13(2)12-15/h5-12,14,20H,4H2,1-3H3/t14-/m0/s1. The van der Waals surface area contributed by atoms with Crippen LogP contribution in [0.25, 0.3) is 16.6 Å². The second-order valence-corrected chi connectivity index (χ2v) is 5.75. The third kappa shape index (κ3) is 2.90. The Hall–Kier alpha value is -2.46. The van der Waals surface area contributed by atoms with Crippen LogP contribution in [0, 0.1) is 6.92 Å². The van der Waals surface area contributed by atoms with Gasteiger partial charge in [0.15, 0.2) is 0 Å². The van der Waals surface area contributed by atoms with Crippen molar-refractivity contribution in [3.05, 3.63) is 70.3 Å². The number of para-hydroxylation sites is 1. The lowest BCUT2D eigenvalue weighted by atomic mass is 10.1. The van der Waals surface area contributed by atoms with Gasteiger partial charge in [0, 0.05) is 0 Å². The maximum atomic E-state index is 13.1. The van der Waals surface area contributed by atoms with Crippen LogP contribution in [0.2, 0.25) is 0 Å². The summed E-state index contributed by atoms with van der Waals surface area (Å²) in [6.45, 7) is 6.92. The second-order valence-electron chi connectivity index (χ2n) is 5.75. The predicted molar refractivity (Wildman–Crippen MR) is 94.2 cm³/mol. The van der Waals surface area contributed by atoms with Crippen molar-refractivity contribution in [1.82, 2.24) is 14.9 Å². The topological polar surface area (TPSA) is 46.9 Å². The Morgan fingerprint density at radius 1 is 1.17 bits per heavy atom. The lowest BCUT2D eigenvalue weighted by Crippen LogP contribution is -2.30. The van der Waals surface area contributed by atoms with Crippen molar-refractivity contribution in [3.8, 4) is 5.69 Å². The molecular weight excluding hydrogens is 286 g/mol. The van der Waals surface area contributed by atoms with Crippen LogP contribution in [0.5, 0.6) is 0 Å². The minimum Gasteiger partial charge on any atom is -0.308 e. The number of fused-ring (bicyclic) bond motifs is 1. The number of hydrogen-bond donors (Lipinski definition) is 1. The third-order valence-corrected chi connectivity index (χ3v) is 3.96. The highest BCUT2D eigenvalue weighted by Crippen LogP contribution is 2.18. The molecule has 23 heavy (non-hydrogen) atoms. The SMILES string of the molecule is CCN[C@@H](C)c1nc2ccccc2c(=O)n1-c1cccc(C)c1. The van der Waals surface area contributed by atoms with Crippen LogP contribution in [-0.2, 0) is 0 Å². The molecule has 4 heteroatoms.